The highest BCUT2D eigenvalue weighted by Gasteiger charge is 2.14. The van der Waals surface area contributed by atoms with E-state index in [0.29, 0.717) is 6.54 Å². The second-order valence-electron chi connectivity index (χ2n) is 5.73. The molecule has 0 fully saturated rings. The number of allylic oxidation sites excluding steroid dienone is 6. The van der Waals surface area contributed by atoms with Gasteiger partial charge in [0, 0.05) is 0 Å². The number of rotatable bonds is 15. The summed E-state index contributed by atoms with van der Waals surface area (Å²) in [4.78, 5) is 11.0. The van der Waals surface area contributed by atoms with Crippen LogP contribution in [0.3, 0.4) is 0 Å². The normalized spacial score (nSPS) is 13.5. The van der Waals surface area contributed by atoms with E-state index < -0.39 is 5.97 Å². The number of likely N-dealkylation sites (N-methyl/N-ethyl adjacent to an activating group) is 1. The molecule has 0 bridgehead atoms. The van der Waals surface area contributed by atoms with E-state index >= 15 is 0 Å². The molecule has 0 aliphatic carbocycles. The molecule has 0 saturated heterocycles. The Bertz CT molecular complexity index is 359. The third-order valence-corrected chi connectivity index (χ3v) is 3.64. The fraction of sp³-hybridized carbons (Fsp3) is 0.650. The smallest absolute Gasteiger partial charge is 0.320 e. The van der Waals surface area contributed by atoms with Gasteiger partial charge in [0.05, 0.1) is 0 Å². The summed E-state index contributed by atoms with van der Waals surface area (Å²) < 4.78 is 0. The van der Waals surface area contributed by atoms with E-state index in [1.807, 2.05) is 6.92 Å². The van der Waals surface area contributed by atoms with Crippen LogP contribution in [-0.2, 0) is 4.79 Å². The first-order valence-electron chi connectivity index (χ1n) is 9.13. The number of unbranched alkanes of at least 4 members (excludes halogenated alkanes) is 4. The van der Waals surface area contributed by atoms with Crippen molar-refractivity contribution in [2.75, 3.05) is 6.54 Å². The third kappa shape index (κ3) is 15.3. The van der Waals surface area contributed by atoms with Gasteiger partial charge in [-0.05, 0) is 45.1 Å². The molecule has 0 amide bonds. The van der Waals surface area contributed by atoms with Gasteiger partial charge >= 0.3 is 5.97 Å². The van der Waals surface area contributed by atoms with E-state index in [-0.39, 0.29) is 6.04 Å². The summed E-state index contributed by atoms with van der Waals surface area (Å²) in [7, 11) is 0. The van der Waals surface area contributed by atoms with Gasteiger partial charge in [-0.3, -0.25) is 4.79 Å². The second-order valence-corrected chi connectivity index (χ2v) is 5.73. The van der Waals surface area contributed by atoms with Crippen molar-refractivity contribution in [2.45, 2.75) is 77.7 Å². The molecule has 1 atom stereocenters. The molecular weight excluding hydrogens is 286 g/mol. The molecule has 0 aromatic heterocycles. The number of carbonyl (C=O) groups is 1. The lowest BCUT2D eigenvalue weighted by Gasteiger charge is -2.12. The van der Waals surface area contributed by atoms with Gasteiger partial charge in [-0.15, -0.1) is 0 Å². The van der Waals surface area contributed by atoms with Gasteiger partial charge in [-0.1, -0.05) is 69.6 Å². The molecule has 0 spiro atoms. The highest BCUT2D eigenvalue weighted by Crippen LogP contribution is 2.08. The molecule has 0 aromatic rings. The van der Waals surface area contributed by atoms with E-state index in [1.54, 1.807) is 0 Å². The molecule has 2 N–H and O–H groups in total. The Morgan fingerprint density at radius 1 is 0.913 bits per heavy atom. The van der Waals surface area contributed by atoms with E-state index in [0.717, 1.165) is 44.9 Å². The Labute approximate surface area is 142 Å². The maximum atomic E-state index is 11.0. The van der Waals surface area contributed by atoms with E-state index in [1.165, 1.54) is 12.8 Å². The largest absolute Gasteiger partial charge is 0.480 e. The topological polar surface area (TPSA) is 49.3 Å². The van der Waals surface area contributed by atoms with Gasteiger partial charge in [0.2, 0.25) is 0 Å². The summed E-state index contributed by atoms with van der Waals surface area (Å²) in [5.74, 6) is -0.729. The standard InChI is InChI=1S/C20H35NO2/c1-3-5-6-7-8-9-10-11-12-13-14-15-16-17-18-19(20(22)23)21-4-2/h5-6,8-9,11-12,19,21H,3-4,7,10,13-18H2,1-2H3,(H,22,23)/b6-5-,9-8-,12-11-. The Balaban J connectivity index is 3.46. The number of carboxylic acid groups (broad SMARTS) is 1. The van der Waals surface area contributed by atoms with Crippen LogP contribution in [0.4, 0.5) is 0 Å². The zero-order valence-corrected chi connectivity index (χ0v) is 15.0. The highest BCUT2D eigenvalue weighted by molar-refractivity contribution is 5.73. The predicted molar refractivity (Wildman–Crippen MR) is 99.7 cm³/mol. The summed E-state index contributed by atoms with van der Waals surface area (Å²) in [6.45, 7) is 4.81. The fourth-order valence-electron chi connectivity index (χ4n) is 2.35. The monoisotopic (exact) mass is 321 g/mol. The summed E-state index contributed by atoms with van der Waals surface area (Å²) >= 11 is 0. The number of hydrogen-bond donors (Lipinski definition) is 2. The van der Waals surface area contributed by atoms with Crippen LogP contribution in [-0.4, -0.2) is 23.7 Å². The molecule has 3 heteroatoms. The first-order valence-corrected chi connectivity index (χ1v) is 9.13. The molecule has 0 rings (SSSR count). The molecule has 0 radical (unpaired) electrons. The molecule has 1 unspecified atom stereocenters. The number of carboxylic acids is 1. The lowest BCUT2D eigenvalue weighted by molar-refractivity contribution is -0.139. The lowest BCUT2D eigenvalue weighted by Crippen LogP contribution is -2.36. The van der Waals surface area contributed by atoms with Crippen molar-refractivity contribution < 1.29 is 9.90 Å². The van der Waals surface area contributed by atoms with Crippen LogP contribution in [0.2, 0.25) is 0 Å². The first kappa shape index (κ1) is 21.6. The van der Waals surface area contributed by atoms with Crippen LogP contribution >= 0.6 is 0 Å². The van der Waals surface area contributed by atoms with Crippen molar-refractivity contribution in [3.05, 3.63) is 36.5 Å². The molecule has 0 aliphatic heterocycles. The molecule has 0 saturated carbocycles. The van der Waals surface area contributed by atoms with Gasteiger partial charge in [0.25, 0.3) is 0 Å². The third-order valence-electron chi connectivity index (χ3n) is 3.64. The zero-order valence-electron chi connectivity index (χ0n) is 15.0. The lowest BCUT2D eigenvalue weighted by atomic mass is 10.1. The fourth-order valence-corrected chi connectivity index (χ4v) is 2.35. The molecule has 3 nitrogen and oxygen atoms in total. The van der Waals surface area contributed by atoms with Crippen molar-refractivity contribution in [1.82, 2.24) is 5.32 Å². The Morgan fingerprint density at radius 2 is 1.52 bits per heavy atom. The minimum Gasteiger partial charge on any atom is -0.480 e. The van der Waals surface area contributed by atoms with Gasteiger partial charge in [0.1, 0.15) is 6.04 Å². The van der Waals surface area contributed by atoms with E-state index in [9.17, 15) is 4.79 Å². The summed E-state index contributed by atoms with van der Waals surface area (Å²) in [5.41, 5.74) is 0. The van der Waals surface area contributed by atoms with Crippen molar-refractivity contribution in [3.8, 4) is 0 Å². The van der Waals surface area contributed by atoms with Gasteiger partial charge in [0.15, 0.2) is 0 Å². The average molecular weight is 322 g/mol. The molecule has 0 aromatic carbocycles. The second kappa shape index (κ2) is 17.0. The van der Waals surface area contributed by atoms with Crippen molar-refractivity contribution in [3.63, 3.8) is 0 Å². The quantitative estimate of drug-likeness (QED) is 0.320. The minimum atomic E-state index is -0.729. The highest BCUT2D eigenvalue weighted by atomic mass is 16.4. The number of nitrogens with one attached hydrogen (secondary N) is 1. The number of aliphatic carboxylic acids is 1. The van der Waals surface area contributed by atoms with Crippen LogP contribution < -0.4 is 5.32 Å². The maximum absolute atomic E-state index is 11.0. The molecule has 132 valence electrons. The summed E-state index contributed by atoms with van der Waals surface area (Å²) in [6.07, 6.45) is 22.8. The average Bonchev–Trinajstić information content (AvgIpc) is 2.54. The Hall–Kier alpha value is -1.35. The molecule has 0 heterocycles. The molecule has 0 aliphatic rings. The van der Waals surface area contributed by atoms with Crippen LogP contribution in [0, 0.1) is 0 Å². The summed E-state index contributed by atoms with van der Waals surface area (Å²) in [5, 5.41) is 12.0. The van der Waals surface area contributed by atoms with Gasteiger partial charge in [-0.2, -0.15) is 0 Å². The molecular formula is C20H35NO2. The maximum Gasteiger partial charge on any atom is 0.320 e. The SMILES string of the molecule is CC/C=C\C/C=C\C/C=C\CCCCCCC(NCC)C(=O)O. The zero-order chi connectivity index (χ0) is 17.2. The van der Waals surface area contributed by atoms with Crippen LogP contribution in [0.15, 0.2) is 36.5 Å². The van der Waals surface area contributed by atoms with Gasteiger partial charge in [-0.25, -0.2) is 0 Å². The molecule has 23 heavy (non-hydrogen) atoms. The van der Waals surface area contributed by atoms with Crippen molar-refractivity contribution in [2.24, 2.45) is 0 Å². The Kier molecular flexibility index (Phi) is 16.0. The van der Waals surface area contributed by atoms with Crippen LogP contribution in [0.5, 0.6) is 0 Å². The minimum absolute atomic E-state index is 0.376. The summed E-state index contributed by atoms with van der Waals surface area (Å²) in [6, 6.07) is -0.376. The van der Waals surface area contributed by atoms with E-state index in [4.69, 9.17) is 5.11 Å². The predicted octanol–water partition coefficient (Wildman–Crippen LogP) is 5.25. The first-order chi connectivity index (χ1) is 11.2. The van der Waals surface area contributed by atoms with Crippen LogP contribution in [0.1, 0.15) is 71.6 Å². The van der Waals surface area contributed by atoms with Gasteiger partial charge < -0.3 is 10.4 Å². The number of hydrogen-bond acceptors (Lipinski definition) is 2. The Morgan fingerprint density at radius 3 is 2.13 bits per heavy atom. The van der Waals surface area contributed by atoms with E-state index in [2.05, 4.69) is 48.7 Å². The van der Waals surface area contributed by atoms with Crippen molar-refractivity contribution in [1.29, 1.82) is 0 Å². The van der Waals surface area contributed by atoms with Crippen molar-refractivity contribution >= 4 is 5.97 Å². The van der Waals surface area contributed by atoms with Crippen LogP contribution in [0.25, 0.3) is 0 Å².